The number of hydrogen-bond acceptors (Lipinski definition) is 6. The summed E-state index contributed by atoms with van der Waals surface area (Å²) in [5, 5.41) is 5.41. The summed E-state index contributed by atoms with van der Waals surface area (Å²) in [6.45, 7) is 1.05. The highest BCUT2D eigenvalue weighted by Crippen LogP contribution is 2.24. The molecule has 26 heavy (non-hydrogen) atoms. The molecule has 2 aromatic heterocycles. The summed E-state index contributed by atoms with van der Waals surface area (Å²) in [6, 6.07) is 2.82. The first-order valence-electron chi connectivity index (χ1n) is 7.47. The predicted octanol–water partition coefficient (Wildman–Crippen LogP) is 2.83. The molecule has 0 saturated carbocycles. The number of anilines is 1. The second kappa shape index (κ2) is 8.65. The summed E-state index contributed by atoms with van der Waals surface area (Å²) in [5.41, 5.74) is 0.656. The Bertz CT molecular complexity index is 773. The summed E-state index contributed by atoms with van der Waals surface area (Å²) in [4.78, 5) is 23.8. The molecule has 0 aliphatic heterocycles. The smallest absolute Gasteiger partial charge is 0.422 e. The normalized spacial score (nSPS) is 11.1. The monoisotopic (exact) mass is 389 g/mol. The van der Waals surface area contributed by atoms with Gasteiger partial charge in [0.1, 0.15) is 10.7 Å². The van der Waals surface area contributed by atoms with Crippen molar-refractivity contribution in [1.29, 1.82) is 0 Å². The van der Waals surface area contributed by atoms with E-state index in [1.54, 1.807) is 0 Å². The van der Waals surface area contributed by atoms with Crippen LogP contribution in [0.5, 0.6) is 5.88 Å². The Kier molecular flexibility index (Phi) is 6.56. The zero-order valence-electron chi connectivity index (χ0n) is 13.6. The van der Waals surface area contributed by atoms with Gasteiger partial charge in [-0.2, -0.15) is 13.2 Å². The Morgan fingerprint density at radius 3 is 2.77 bits per heavy atom. The highest BCUT2D eigenvalue weighted by molar-refractivity contribution is 6.31. The van der Waals surface area contributed by atoms with E-state index in [9.17, 15) is 18.0 Å². The molecule has 0 radical (unpaired) electrons. The fraction of sp³-hybridized carbons (Fsp3) is 0.333. The molecule has 2 heterocycles. The Labute approximate surface area is 152 Å². The topological polar surface area (TPSA) is 89.0 Å². The summed E-state index contributed by atoms with van der Waals surface area (Å²) >= 11 is 5.85. The van der Waals surface area contributed by atoms with Gasteiger partial charge in [0.2, 0.25) is 11.8 Å². The molecule has 1 amide bonds. The molecule has 11 heteroatoms. The molecule has 0 aliphatic rings. The van der Waals surface area contributed by atoms with Gasteiger partial charge >= 0.3 is 6.18 Å². The van der Waals surface area contributed by atoms with Gasteiger partial charge in [-0.25, -0.2) is 15.0 Å². The largest absolute Gasteiger partial charge is 0.467 e. The number of nitrogens with one attached hydrogen (secondary N) is 2. The Hall–Kier alpha value is -2.62. The fourth-order valence-electron chi connectivity index (χ4n) is 1.82. The molecule has 2 rings (SSSR count). The Balaban J connectivity index is 1.95. The standard InChI is InChI=1S/C15H15ClF3N5O2/c1-2-20-14-21-4-3-11(24-14)12(25)22-6-9-5-10(16)13(23-7-9)26-8-15(17,18)19/h3-5,7H,2,6,8H2,1H3,(H,22,25)(H,20,21,24). The van der Waals surface area contributed by atoms with Crippen LogP contribution in [-0.4, -0.2) is 40.2 Å². The number of pyridine rings is 1. The van der Waals surface area contributed by atoms with E-state index in [1.165, 1.54) is 24.5 Å². The number of nitrogens with zero attached hydrogens (tertiary/aromatic N) is 3. The molecule has 0 unspecified atom stereocenters. The van der Waals surface area contributed by atoms with E-state index in [-0.39, 0.29) is 23.1 Å². The first-order valence-corrected chi connectivity index (χ1v) is 7.85. The van der Waals surface area contributed by atoms with E-state index < -0.39 is 18.7 Å². The van der Waals surface area contributed by atoms with Crippen molar-refractivity contribution in [2.75, 3.05) is 18.5 Å². The fourth-order valence-corrected chi connectivity index (χ4v) is 2.06. The number of halogens is 4. The first kappa shape index (κ1) is 19.7. The number of ether oxygens (including phenoxy) is 1. The van der Waals surface area contributed by atoms with Crippen molar-refractivity contribution < 1.29 is 22.7 Å². The van der Waals surface area contributed by atoms with Crippen molar-refractivity contribution in [3.63, 3.8) is 0 Å². The number of aromatic nitrogens is 3. The molecule has 7 nitrogen and oxygen atoms in total. The van der Waals surface area contributed by atoms with Crippen LogP contribution in [0.2, 0.25) is 5.02 Å². The number of alkyl halides is 3. The average Bonchev–Trinajstić information content (AvgIpc) is 2.58. The van der Waals surface area contributed by atoms with Gasteiger partial charge in [0.15, 0.2) is 6.61 Å². The third-order valence-electron chi connectivity index (χ3n) is 2.91. The Morgan fingerprint density at radius 1 is 1.35 bits per heavy atom. The van der Waals surface area contributed by atoms with Gasteiger partial charge in [-0.05, 0) is 24.6 Å². The number of carbonyl (C=O) groups is 1. The third kappa shape index (κ3) is 6.03. The number of rotatable bonds is 7. The first-order chi connectivity index (χ1) is 12.3. The summed E-state index contributed by atoms with van der Waals surface area (Å²) in [6.07, 6.45) is -1.77. The zero-order valence-corrected chi connectivity index (χ0v) is 14.4. The molecule has 0 fully saturated rings. The van der Waals surface area contributed by atoms with Crippen molar-refractivity contribution in [2.24, 2.45) is 0 Å². The second-order valence-corrected chi connectivity index (χ2v) is 5.42. The van der Waals surface area contributed by atoms with E-state index in [0.717, 1.165) is 0 Å². The van der Waals surface area contributed by atoms with Gasteiger partial charge in [-0.15, -0.1) is 0 Å². The average molecular weight is 390 g/mol. The molecular formula is C15H15ClF3N5O2. The molecule has 0 bridgehead atoms. The maximum Gasteiger partial charge on any atom is 0.422 e. The van der Waals surface area contributed by atoms with E-state index >= 15 is 0 Å². The minimum absolute atomic E-state index is 0.0612. The van der Waals surface area contributed by atoms with Crippen LogP contribution in [0.3, 0.4) is 0 Å². The number of carbonyl (C=O) groups excluding carboxylic acids is 1. The third-order valence-corrected chi connectivity index (χ3v) is 3.18. The molecule has 0 aliphatic carbocycles. The predicted molar refractivity (Wildman–Crippen MR) is 88.2 cm³/mol. The van der Waals surface area contributed by atoms with Crippen LogP contribution in [0.25, 0.3) is 0 Å². The number of amides is 1. The highest BCUT2D eigenvalue weighted by Gasteiger charge is 2.29. The minimum Gasteiger partial charge on any atom is -0.467 e. The molecule has 140 valence electrons. The summed E-state index contributed by atoms with van der Waals surface area (Å²) in [7, 11) is 0. The lowest BCUT2D eigenvalue weighted by molar-refractivity contribution is -0.154. The van der Waals surface area contributed by atoms with Crippen molar-refractivity contribution in [2.45, 2.75) is 19.6 Å². The van der Waals surface area contributed by atoms with E-state index in [0.29, 0.717) is 18.1 Å². The van der Waals surface area contributed by atoms with Gasteiger partial charge in [-0.3, -0.25) is 4.79 Å². The molecule has 0 saturated heterocycles. The SMILES string of the molecule is CCNc1nccc(C(=O)NCc2cnc(OCC(F)(F)F)c(Cl)c2)n1. The summed E-state index contributed by atoms with van der Waals surface area (Å²) < 4.78 is 40.9. The lowest BCUT2D eigenvalue weighted by Gasteiger charge is -2.11. The van der Waals surface area contributed by atoms with Crippen LogP contribution in [-0.2, 0) is 6.54 Å². The van der Waals surface area contributed by atoms with Crippen LogP contribution in [0, 0.1) is 0 Å². The summed E-state index contributed by atoms with van der Waals surface area (Å²) in [5.74, 6) is -0.443. The lowest BCUT2D eigenvalue weighted by atomic mass is 10.2. The molecule has 2 N–H and O–H groups in total. The van der Waals surface area contributed by atoms with Gasteiger partial charge in [0, 0.05) is 25.5 Å². The van der Waals surface area contributed by atoms with Gasteiger partial charge in [-0.1, -0.05) is 11.6 Å². The molecule has 2 aromatic rings. The van der Waals surface area contributed by atoms with Crippen molar-refractivity contribution in [1.82, 2.24) is 20.3 Å². The molecule has 0 aromatic carbocycles. The van der Waals surface area contributed by atoms with Gasteiger partial charge in [0.25, 0.3) is 5.91 Å². The maximum absolute atomic E-state index is 12.1. The van der Waals surface area contributed by atoms with Gasteiger partial charge in [0.05, 0.1) is 0 Å². The Morgan fingerprint density at radius 2 is 2.12 bits per heavy atom. The molecule has 0 atom stereocenters. The minimum atomic E-state index is -4.49. The van der Waals surface area contributed by atoms with Crippen LogP contribution < -0.4 is 15.4 Å². The van der Waals surface area contributed by atoms with E-state index in [4.69, 9.17) is 11.6 Å². The van der Waals surface area contributed by atoms with E-state index in [2.05, 4.69) is 30.3 Å². The van der Waals surface area contributed by atoms with E-state index in [1.807, 2.05) is 6.92 Å². The van der Waals surface area contributed by atoms with Crippen molar-refractivity contribution in [3.8, 4) is 5.88 Å². The van der Waals surface area contributed by atoms with Gasteiger partial charge < -0.3 is 15.4 Å². The van der Waals surface area contributed by atoms with Crippen LogP contribution in [0.1, 0.15) is 23.0 Å². The zero-order chi connectivity index (χ0) is 19.2. The highest BCUT2D eigenvalue weighted by atomic mass is 35.5. The second-order valence-electron chi connectivity index (χ2n) is 5.01. The lowest BCUT2D eigenvalue weighted by Crippen LogP contribution is -2.24. The molecule has 0 spiro atoms. The van der Waals surface area contributed by atoms with Crippen LogP contribution in [0.4, 0.5) is 19.1 Å². The number of hydrogen-bond donors (Lipinski definition) is 2. The van der Waals surface area contributed by atoms with Crippen molar-refractivity contribution >= 4 is 23.5 Å². The van der Waals surface area contributed by atoms with Crippen LogP contribution in [0.15, 0.2) is 24.5 Å². The quantitative estimate of drug-likeness (QED) is 0.757. The maximum atomic E-state index is 12.1. The molecular weight excluding hydrogens is 375 g/mol. The van der Waals surface area contributed by atoms with Crippen LogP contribution >= 0.6 is 11.6 Å². The van der Waals surface area contributed by atoms with Crippen molar-refractivity contribution in [3.05, 3.63) is 40.8 Å².